The Morgan fingerprint density at radius 2 is 1.33 bits per heavy atom. The fourth-order valence-corrected chi connectivity index (χ4v) is 5.15. The zero-order valence-corrected chi connectivity index (χ0v) is 31.5. The first kappa shape index (κ1) is 43.2. The van der Waals surface area contributed by atoms with Crippen molar-refractivity contribution in [3.05, 3.63) is 107 Å². The van der Waals surface area contributed by atoms with E-state index in [-0.39, 0.29) is 50.9 Å². The predicted octanol–water partition coefficient (Wildman–Crippen LogP) is 3.87. The summed E-state index contributed by atoms with van der Waals surface area (Å²) >= 11 is 6.08. The standard InChI is InChI=1S/C38H48ClN9O7/c1-25(2)20-31(46-37(52)54-23-27-10-5-3-6-11-27)34(50)45-32(21-26-15-17-29(39)18-16-26)33(49)44-30(22-43-48-36(41)51)14-9-19-42-35(40)47-38(53)55-24-28-12-7-4-8-13-28/h3-8,10-13,15-18,22,25,30-32H,9,14,19-21,23-24H2,1-2H3,(H,44,49)(H,45,50)(H,46,52)(H3,41,48,51)(H3,40,42,47,53)/b43-22+/t30-,31-,32-/m0/s1/i22+1. The van der Waals surface area contributed by atoms with Gasteiger partial charge in [-0.2, -0.15) is 5.10 Å². The van der Waals surface area contributed by atoms with Crippen molar-refractivity contribution in [3.63, 3.8) is 0 Å². The lowest BCUT2D eigenvalue weighted by molar-refractivity contribution is -0.130. The highest BCUT2D eigenvalue weighted by molar-refractivity contribution is 6.30. The molecular weight excluding hydrogens is 731 g/mol. The number of carbonyl (C=O) groups excluding carboxylic acids is 5. The van der Waals surface area contributed by atoms with Crippen LogP contribution in [0, 0.1) is 5.92 Å². The van der Waals surface area contributed by atoms with Gasteiger partial charge in [0.2, 0.25) is 11.8 Å². The van der Waals surface area contributed by atoms with Crippen LogP contribution in [-0.2, 0) is 38.7 Å². The molecule has 0 saturated heterocycles. The molecule has 0 saturated carbocycles. The number of carbonyl (C=O) groups is 5. The number of halogens is 1. The van der Waals surface area contributed by atoms with E-state index in [1.165, 1.54) is 6.21 Å². The van der Waals surface area contributed by atoms with Crippen LogP contribution in [0.5, 0.6) is 0 Å². The minimum absolute atomic E-state index is 0.00102. The number of hydrazone groups is 1. The quantitative estimate of drug-likeness (QED) is 0.0309. The summed E-state index contributed by atoms with van der Waals surface area (Å²) in [4.78, 5) is 67.8. The third-order valence-corrected chi connectivity index (χ3v) is 7.92. The Morgan fingerprint density at radius 1 is 0.745 bits per heavy atom. The number of benzene rings is 3. The molecule has 0 bridgehead atoms. The molecule has 3 atom stereocenters. The van der Waals surface area contributed by atoms with E-state index in [2.05, 4.69) is 36.8 Å². The average Bonchev–Trinajstić information content (AvgIpc) is 3.15. The van der Waals surface area contributed by atoms with Crippen molar-refractivity contribution in [3.8, 4) is 0 Å². The maximum absolute atomic E-state index is 13.9. The molecule has 0 aromatic heterocycles. The molecular formula is C38H48ClN9O7. The molecule has 16 nitrogen and oxygen atoms in total. The number of nitrogens with two attached hydrogens (primary N) is 2. The minimum atomic E-state index is -1.12. The Labute approximate surface area is 324 Å². The zero-order chi connectivity index (χ0) is 40.0. The summed E-state index contributed by atoms with van der Waals surface area (Å²) in [5, 5.41) is 14.9. The van der Waals surface area contributed by atoms with Crippen LogP contribution >= 0.6 is 11.6 Å². The Hall–Kier alpha value is -6.16. The Morgan fingerprint density at radius 3 is 1.91 bits per heavy atom. The highest BCUT2D eigenvalue weighted by Gasteiger charge is 2.29. The zero-order valence-electron chi connectivity index (χ0n) is 30.7. The molecule has 9 N–H and O–H groups in total. The number of urea groups is 1. The number of nitrogens with one attached hydrogen (secondary N) is 5. The number of primary amides is 1. The van der Waals surface area contributed by atoms with Crippen molar-refractivity contribution in [1.29, 1.82) is 0 Å². The molecule has 3 rings (SSSR count). The van der Waals surface area contributed by atoms with E-state index in [1.807, 2.05) is 62.4 Å². The smallest absolute Gasteiger partial charge is 0.414 e. The first-order valence-electron chi connectivity index (χ1n) is 17.6. The number of rotatable bonds is 19. The van der Waals surface area contributed by atoms with Crippen molar-refractivity contribution in [2.45, 2.75) is 70.9 Å². The van der Waals surface area contributed by atoms with Gasteiger partial charge in [-0.05, 0) is 54.0 Å². The van der Waals surface area contributed by atoms with Crippen LogP contribution in [0.1, 0.15) is 49.8 Å². The van der Waals surface area contributed by atoms with Gasteiger partial charge in [0.05, 0.1) is 6.04 Å². The van der Waals surface area contributed by atoms with E-state index in [0.29, 0.717) is 17.0 Å². The SMILES string of the molecule is CC(C)C[C@H](NC(=O)OCc1ccccc1)C(=O)N[C@@H](Cc1ccc(Cl)cc1)C(=O)N[C@@H](CCCN=C(N)NC(=O)OCc1ccccc1)/[13CH]=N/NC(N)=O. The van der Waals surface area contributed by atoms with Gasteiger partial charge in [-0.3, -0.25) is 19.9 Å². The Kier molecular flexibility index (Phi) is 18.5. The molecule has 0 aliphatic heterocycles. The van der Waals surface area contributed by atoms with E-state index >= 15 is 0 Å². The van der Waals surface area contributed by atoms with Crippen LogP contribution in [0.4, 0.5) is 14.4 Å². The highest BCUT2D eigenvalue weighted by atomic mass is 35.5. The second-order valence-corrected chi connectivity index (χ2v) is 13.2. The van der Waals surface area contributed by atoms with E-state index in [4.69, 9.17) is 32.5 Å². The molecule has 0 aliphatic carbocycles. The molecule has 0 aliphatic rings. The van der Waals surface area contributed by atoms with E-state index in [0.717, 1.165) is 11.1 Å². The van der Waals surface area contributed by atoms with Gasteiger partial charge in [-0.1, -0.05) is 98.2 Å². The van der Waals surface area contributed by atoms with Crippen molar-refractivity contribution in [1.82, 2.24) is 26.7 Å². The van der Waals surface area contributed by atoms with Gasteiger partial charge in [0.15, 0.2) is 5.96 Å². The van der Waals surface area contributed by atoms with Crippen molar-refractivity contribution < 1.29 is 33.4 Å². The lowest BCUT2D eigenvalue weighted by Gasteiger charge is -2.25. The molecule has 6 amide bonds. The summed E-state index contributed by atoms with van der Waals surface area (Å²) in [7, 11) is 0. The van der Waals surface area contributed by atoms with Gasteiger partial charge in [0, 0.05) is 24.2 Å². The Balaban J connectivity index is 1.68. The molecule has 55 heavy (non-hydrogen) atoms. The maximum atomic E-state index is 13.9. The number of ether oxygens (including phenoxy) is 2. The molecule has 3 aromatic carbocycles. The molecule has 17 heteroatoms. The number of hydrogen-bond donors (Lipinski definition) is 7. The number of hydrogen-bond acceptors (Lipinski definition) is 9. The van der Waals surface area contributed by atoms with Crippen molar-refractivity contribution in [2.75, 3.05) is 6.54 Å². The maximum Gasteiger partial charge on any atom is 0.414 e. The van der Waals surface area contributed by atoms with E-state index in [1.54, 1.807) is 36.4 Å². The first-order valence-corrected chi connectivity index (χ1v) is 17.9. The summed E-state index contributed by atoms with van der Waals surface area (Å²) in [6.07, 6.45) is 0.637. The second kappa shape index (κ2) is 23.5. The van der Waals surface area contributed by atoms with Crippen LogP contribution < -0.4 is 38.2 Å². The summed E-state index contributed by atoms with van der Waals surface area (Å²) in [6, 6.07) is 21.1. The predicted molar refractivity (Wildman–Crippen MR) is 209 cm³/mol. The average molecular weight is 779 g/mol. The minimum Gasteiger partial charge on any atom is -0.445 e. The van der Waals surface area contributed by atoms with Crippen LogP contribution in [0.15, 0.2) is 95.0 Å². The number of alkyl carbamates (subject to hydrolysis) is 2. The fourth-order valence-electron chi connectivity index (χ4n) is 5.02. The van der Waals surface area contributed by atoms with E-state index < -0.39 is 48.2 Å². The summed E-state index contributed by atoms with van der Waals surface area (Å²) in [6.45, 7) is 3.99. The lowest BCUT2D eigenvalue weighted by atomic mass is 10.0. The first-order chi connectivity index (χ1) is 26.4. The number of nitrogens with zero attached hydrogens (tertiary/aromatic N) is 2. The monoisotopic (exact) mass is 778 g/mol. The molecule has 294 valence electrons. The number of aliphatic imine (C=N–C) groups is 1. The van der Waals surface area contributed by atoms with Crippen LogP contribution in [-0.4, -0.2) is 66.9 Å². The van der Waals surface area contributed by atoms with Gasteiger partial charge in [-0.25, -0.2) is 19.8 Å². The van der Waals surface area contributed by atoms with Crippen LogP contribution in [0.25, 0.3) is 0 Å². The van der Waals surface area contributed by atoms with Crippen molar-refractivity contribution in [2.24, 2.45) is 27.5 Å². The fraction of sp³-hybridized carbons (Fsp3) is 0.342. The summed E-state index contributed by atoms with van der Waals surface area (Å²) in [5.74, 6) is -1.35. The number of guanidine groups is 1. The molecule has 0 spiro atoms. The molecule has 3 aromatic rings. The molecule has 0 heterocycles. The largest absolute Gasteiger partial charge is 0.445 e. The van der Waals surface area contributed by atoms with Gasteiger partial charge >= 0.3 is 18.2 Å². The van der Waals surface area contributed by atoms with Crippen LogP contribution in [0.2, 0.25) is 5.02 Å². The van der Waals surface area contributed by atoms with Gasteiger partial charge in [-0.15, -0.1) is 0 Å². The second-order valence-electron chi connectivity index (χ2n) is 12.7. The summed E-state index contributed by atoms with van der Waals surface area (Å²) < 4.78 is 10.5. The lowest BCUT2D eigenvalue weighted by Crippen LogP contribution is -2.56. The third-order valence-electron chi connectivity index (χ3n) is 7.67. The topological polar surface area (TPSA) is 241 Å². The normalized spacial score (nSPS) is 12.9. The van der Waals surface area contributed by atoms with E-state index in [9.17, 15) is 24.0 Å². The molecule has 0 unspecified atom stereocenters. The van der Waals surface area contributed by atoms with Gasteiger partial charge < -0.3 is 36.9 Å². The third kappa shape index (κ3) is 17.9. The van der Waals surface area contributed by atoms with Crippen molar-refractivity contribution >= 4 is 53.8 Å². The molecule has 0 fully saturated rings. The number of amides is 6. The van der Waals surface area contributed by atoms with Gasteiger partial charge in [0.25, 0.3) is 0 Å². The Bertz CT molecular complexity index is 1740. The molecule has 0 radical (unpaired) electrons. The van der Waals surface area contributed by atoms with Gasteiger partial charge in [0.1, 0.15) is 25.3 Å². The summed E-state index contributed by atoms with van der Waals surface area (Å²) in [5.41, 5.74) is 15.4. The highest BCUT2D eigenvalue weighted by Crippen LogP contribution is 2.13. The van der Waals surface area contributed by atoms with Crippen LogP contribution in [0.3, 0.4) is 0 Å².